The van der Waals surface area contributed by atoms with E-state index in [1.807, 2.05) is 0 Å². The van der Waals surface area contributed by atoms with E-state index in [0.29, 0.717) is 0 Å². The molecule has 1 atom stereocenters. The van der Waals surface area contributed by atoms with Crippen molar-refractivity contribution in [2.45, 2.75) is 12.5 Å². The third-order valence-corrected chi connectivity index (χ3v) is 3.65. The van der Waals surface area contributed by atoms with Gasteiger partial charge in [0, 0.05) is 6.42 Å². The van der Waals surface area contributed by atoms with E-state index in [4.69, 9.17) is 0 Å². The normalized spacial score (nSPS) is 12.7. The lowest BCUT2D eigenvalue weighted by Crippen LogP contribution is -2.13. The van der Waals surface area contributed by atoms with Gasteiger partial charge in [-0.1, -0.05) is 0 Å². The van der Waals surface area contributed by atoms with Crippen molar-refractivity contribution in [2.75, 3.05) is 0 Å². The molecule has 2 aromatic carbocycles. The molecule has 2 nitrogen and oxygen atoms in total. The zero-order chi connectivity index (χ0) is 22.2. The van der Waals surface area contributed by atoms with E-state index in [2.05, 4.69) is 0 Å². The highest BCUT2D eigenvalue weighted by Gasteiger charge is 2.30. The highest BCUT2D eigenvalue weighted by Crippen LogP contribution is 2.30. The van der Waals surface area contributed by atoms with E-state index in [0.717, 1.165) is 0 Å². The van der Waals surface area contributed by atoms with E-state index in [9.17, 15) is 53.8 Å². The van der Waals surface area contributed by atoms with Gasteiger partial charge < -0.3 is 5.11 Å². The molecule has 156 valence electrons. The van der Waals surface area contributed by atoms with Crippen molar-refractivity contribution >= 4 is 11.9 Å². The number of ketones is 1. The molecule has 0 heterocycles. The number of allylic oxidation sites excluding steroid dienone is 1. The molecule has 12 heteroatoms. The number of hydrogen-bond acceptors (Lipinski definition) is 2. The average Bonchev–Trinajstić information content (AvgIpc) is 2.67. The fourth-order valence-corrected chi connectivity index (χ4v) is 2.22. The molecule has 1 N–H and O–H groups in total. The summed E-state index contributed by atoms with van der Waals surface area (Å²) in [4.78, 5) is 11.7. The Morgan fingerprint density at radius 2 is 1.00 bits per heavy atom. The molecule has 0 aliphatic heterocycles. The lowest BCUT2D eigenvalue weighted by Gasteiger charge is -2.13. The van der Waals surface area contributed by atoms with Gasteiger partial charge in [0.25, 0.3) is 0 Å². The molecule has 2 aromatic rings. The highest BCUT2D eigenvalue weighted by molar-refractivity contribution is 5.94. The van der Waals surface area contributed by atoms with E-state index < -0.39 is 87.6 Å². The zero-order valence-corrected chi connectivity index (χ0v) is 13.6. The average molecular weight is 432 g/mol. The molecule has 0 fully saturated rings. The van der Waals surface area contributed by atoms with Crippen molar-refractivity contribution in [3.8, 4) is 0 Å². The van der Waals surface area contributed by atoms with E-state index in [1.54, 1.807) is 0 Å². The van der Waals surface area contributed by atoms with E-state index in [1.165, 1.54) is 0 Å². The molecule has 1 unspecified atom stereocenters. The molecule has 0 amide bonds. The highest BCUT2D eigenvalue weighted by atomic mass is 19.2. The molecule has 0 saturated heterocycles. The topological polar surface area (TPSA) is 37.3 Å². The molecule has 0 saturated carbocycles. The third-order valence-electron chi connectivity index (χ3n) is 3.65. The summed E-state index contributed by atoms with van der Waals surface area (Å²) in [6.45, 7) is 0. The fourth-order valence-electron chi connectivity index (χ4n) is 2.22. The molecule has 0 bridgehead atoms. The summed E-state index contributed by atoms with van der Waals surface area (Å²) < 4.78 is 132. The maximum atomic E-state index is 13.6. The quantitative estimate of drug-likeness (QED) is 0.320. The number of aliphatic hydroxyl groups excluding tert-OH is 1. The number of aliphatic hydroxyl groups is 1. The van der Waals surface area contributed by atoms with Crippen LogP contribution in [0.3, 0.4) is 0 Å². The fraction of sp³-hybridized carbons (Fsp3) is 0.118. The third kappa shape index (κ3) is 3.97. The van der Waals surface area contributed by atoms with E-state index in [-0.39, 0.29) is 12.2 Å². The van der Waals surface area contributed by atoms with Gasteiger partial charge in [-0.2, -0.15) is 0 Å². The maximum absolute atomic E-state index is 13.6. The van der Waals surface area contributed by atoms with Crippen molar-refractivity contribution in [3.63, 3.8) is 0 Å². The van der Waals surface area contributed by atoms with Crippen LogP contribution in [0, 0.1) is 58.2 Å². The van der Waals surface area contributed by atoms with Gasteiger partial charge in [-0.25, -0.2) is 43.9 Å². The Bertz CT molecular complexity index is 974. The SMILES string of the molecule is O=C(/C=C/c1c(F)c(F)c(F)c(F)c1F)CC(O)c1c(F)c(F)c(F)c(F)c1F. The van der Waals surface area contributed by atoms with Crippen LogP contribution in [-0.2, 0) is 4.79 Å². The number of carbonyl (C=O) groups is 1. The summed E-state index contributed by atoms with van der Waals surface area (Å²) in [6, 6.07) is 0. The Kier molecular flexibility index (Phi) is 6.36. The van der Waals surface area contributed by atoms with Gasteiger partial charge in [0.2, 0.25) is 11.6 Å². The summed E-state index contributed by atoms with van der Waals surface area (Å²) in [6.07, 6.45) is -3.60. The van der Waals surface area contributed by atoms with Crippen LogP contribution in [0.5, 0.6) is 0 Å². The second-order valence-electron chi connectivity index (χ2n) is 5.49. The molecule has 0 aromatic heterocycles. The molecule has 2 rings (SSSR count). The minimum absolute atomic E-state index is 0.129. The summed E-state index contributed by atoms with van der Waals surface area (Å²) in [5.74, 6) is -25.1. The van der Waals surface area contributed by atoms with Crippen molar-refractivity contribution in [1.82, 2.24) is 0 Å². The summed E-state index contributed by atoms with van der Waals surface area (Å²) in [5, 5.41) is 9.62. The molecule has 0 radical (unpaired) electrons. The monoisotopic (exact) mass is 432 g/mol. The minimum Gasteiger partial charge on any atom is -0.388 e. The van der Waals surface area contributed by atoms with Gasteiger partial charge in [0.05, 0.1) is 17.2 Å². The first-order valence-corrected chi connectivity index (χ1v) is 7.31. The number of hydrogen-bond donors (Lipinski definition) is 1. The lowest BCUT2D eigenvalue weighted by atomic mass is 10.0. The van der Waals surface area contributed by atoms with Crippen molar-refractivity contribution in [2.24, 2.45) is 0 Å². The lowest BCUT2D eigenvalue weighted by molar-refractivity contribution is -0.116. The number of benzene rings is 2. The van der Waals surface area contributed by atoms with Crippen LogP contribution in [0.2, 0.25) is 0 Å². The molecule has 0 spiro atoms. The van der Waals surface area contributed by atoms with Gasteiger partial charge in [-0.3, -0.25) is 4.79 Å². The van der Waals surface area contributed by atoms with Gasteiger partial charge >= 0.3 is 0 Å². The Morgan fingerprint density at radius 1 is 0.655 bits per heavy atom. The number of rotatable bonds is 5. The standard InChI is InChI=1S/C17H6F10O2/c18-8-5(9(19)13(23)16(26)12(8)22)2-1-4(28)3-6(29)7-10(20)14(24)17(27)15(25)11(7)21/h1-2,6,29H,3H2/b2-1+. The first-order chi connectivity index (χ1) is 13.4. The van der Waals surface area contributed by atoms with Crippen LogP contribution in [0.1, 0.15) is 23.7 Å². The summed E-state index contributed by atoms with van der Waals surface area (Å²) >= 11 is 0. The predicted octanol–water partition coefficient (Wildman–Crippen LogP) is 4.78. The van der Waals surface area contributed by atoms with Crippen molar-refractivity contribution in [3.05, 3.63) is 75.4 Å². The summed E-state index contributed by atoms with van der Waals surface area (Å²) in [7, 11) is 0. The molecule has 0 aliphatic carbocycles. The van der Waals surface area contributed by atoms with Crippen LogP contribution in [0.15, 0.2) is 6.08 Å². The Labute approximate surface area is 154 Å². The number of halogens is 10. The molecular formula is C17H6F10O2. The van der Waals surface area contributed by atoms with E-state index >= 15 is 0 Å². The predicted molar refractivity (Wildman–Crippen MR) is 76.1 cm³/mol. The largest absolute Gasteiger partial charge is 0.388 e. The van der Waals surface area contributed by atoms with Gasteiger partial charge in [-0.05, 0) is 12.2 Å². The summed E-state index contributed by atoms with van der Waals surface area (Å²) in [5.41, 5.74) is -3.26. The van der Waals surface area contributed by atoms with Crippen LogP contribution < -0.4 is 0 Å². The first-order valence-electron chi connectivity index (χ1n) is 7.31. The van der Waals surface area contributed by atoms with Crippen LogP contribution in [0.4, 0.5) is 43.9 Å². The second kappa shape index (κ2) is 8.23. The Balaban J connectivity index is 2.32. The molecule has 0 aliphatic rings. The molecule has 29 heavy (non-hydrogen) atoms. The Hall–Kier alpha value is -2.89. The van der Waals surface area contributed by atoms with Crippen molar-refractivity contribution in [1.29, 1.82) is 0 Å². The second-order valence-corrected chi connectivity index (χ2v) is 5.49. The zero-order valence-electron chi connectivity index (χ0n) is 13.6. The minimum atomic E-state index is -2.58. The van der Waals surface area contributed by atoms with Gasteiger partial charge in [0.15, 0.2) is 52.3 Å². The first kappa shape index (κ1) is 22.4. The van der Waals surface area contributed by atoms with Gasteiger partial charge in [0.1, 0.15) is 0 Å². The molecular weight excluding hydrogens is 426 g/mol. The van der Waals surface area contributed by atoms with Gasteiger partial charge in [-0.15, -0.1) is 0 Å². The van der Waals surface area contributed by atoms with Crippen LogP contribution in [-0.4, -0.2) is 10.9 Å². The smallest absolute Gasteiger partial charge is 0.200 e. The van der Waals surface area contributed by atoms with Crippen LogP contribution >= 0.6 is 0 Å². The Morgan fingerprint density at radius 3 is 1.41 bits per heavy atom. The maximum Gasteiger partial charge on any atom is 0.200 e. The van der Waals surface area contributed by atoms with Crippen LogP contribution in [0.25, 0.3) is 6.08 Å². The van der Waals surface area contributed by atoms with Crippen molar-refractivity contribution < 1.29 is 53.8 Å². The number of carbonyl (C=O) groups excluding carboxylic acids is 1.